The van der Waals surface area contributed by atoms with Crippen LogP contribution in [0.5, 0.6) is 0 Å². The van der Waals surface area contributed by atoms with E-state index in [4.69, 9.17) is 5.11 Å². The lowest BCUT2D eigenvalue weighted by atomic mass is 10.1. The Labute approximate surface area is 114 Å². The van der Waals surface area contributed by atoms with Crippen LogP contribution in [0.15, 0.2) is 42.5 Å². The highest BCUT2D eigenvalue weighted by molar-refractivity contribution is 5.94. The SMILES string of the molecule is O=C(NCc1ccc(CO)cc1)c1cccc(F)c1F. The van der Waals surface area contributed by atoms with Crippen molar-refractivity contribution in [3.63, 3.8) is 0 Å². The molecule has 0 fully saturated rings. The van der Waals surface area contributed by atoms with Crippen molar-refractivity contribution >= 4 is 5.91 Å². The van der Waals surface area contributed by atoms with Crippen LogP contribution in [0.25, 0.3) is 0 Å². The first-order chi connectivity index (χ1) is 9.61. The summed E-state index contributed by atoms with van der Waals surface area (Å²) in [6.45, 7) is 0.141. The van der Waals surface area contributed by atoms with Crippen LogP contribution in [-0.2, 0) is 13.2 Å². The largest absolute Gasteiger partial charge is 0.392 e. The molecule has 2 aromatic carbocycles. The second-order valence-electron chi connectivity index (χ2n) is 4.26. The first-order valence-corrected chi connectivity index (χ1v) is 6.02. The van der Waals surface area contributed by atoms with Crippen molar-refractivity contribution in [3.05, 3.63) is 70.8 Å². The van der Waals surface area contributed by atoms with Gasteiger partial charge >= 0.3 is 0 Å². The molecule has 0 heterocycles. The molecule has 0 aliphatic heterocycles. The van der Waals surface area contributed by atoms with Crippen molar-refractivity contribution < 1.29 is 18.7 Å². The van der Waals surface area contributed by atoms with E-state index in [1.807, 2.05) is 0 Å². The van der Waals surface area contributed by atoms with Gasteiger partial charge in [-0.3, -0.25) is 4.79 Å². The molecule has 0 unspecified atom stereocenters. The minimum absolute atomic E-state index is 0.0544. The number of hydrogen-bond donors (Lipinski definition) is 2. The summed E-state index contributed by atoms with van der Waals surface area (Å²) in [6.07, 6.45) is 0. The standard InChI is InChI=1S/C15H13F2NO2/c16-13-3-1-2-12(14(13)17)15(20)18-8-10-4-6-11(9-19)7-5-10/h1-7,19H,8-9H2,(H,18,20). The van der Waals surface area contributed by atoms with Gasteiger partial charge in [-0.05, 0) is 23.3 Å². The average molecular weight is 277 g/mol. The molecule has 0 atom stereocenters. The molecule has 0 aliphatic carbocycles. The molecule has 0 aliphatic rings. The van der Waals surface area contributed by atoms with Gasteiger partial charge in [0.2, 0.25) is 0 Å². The molecule has 1 amide bonds. The molecular weight excluding hydrogens is 264 g/mol. The Kier molecular flexibility index (Phi) is 4.42. The summed E-state index contributed by atoms with van der Waals surface area (Å²) in [7, 11) is 0. The Balaban J connectivity index is 2.02. The van der Waals surface area contributed by atoms with Gasteiger partial charge in [-0.1, -0.05) is 30.3 Å². The highest BCUT2D eigenvalue weighted by Gasteiger charge is 2.14. The second-order valence-corrected chi connectivity index (χ2v) is 4.26. The van der Waals surface area contributed by atoms with E-state index in [1.165, 1.54) is 12.1 Å². The minimum atomic E-state index is -1.15. The minimum Gasteiger partial charge on any atom is -0.392 e. The predicted octanol–water partition coefficient (Wildman–Crippen LogP) is 2.39. The molecule has 2 N–H and O–H groups in total. The highest BCUT2D eigenvalue weighted by atomic mass is 19.2. The molecule has 20 heavy (non-hydrogen) atoms. The highest BCUT2D eigenvalue weighted by Crippen LogP contribution is 2.11. The third-order valence-corrected chi connectivity index (χ3v) is 2.85. The average Bonchev–Trinajstić information content (AvgIpc) is 2.48. The lowest BCUT2D eigenvalue weighted by molar-refractivity contribution is 0.0946. The number of aliphatic hydroxyl groups excluding tert-OH is 1. The molecule has 104 valence electrons. The zero-order chi connectivity index (χ0) is 14.5. The quantitative estimate of drug-likeness (QED) is 0.901. The number of aliphatic hydroxyl groups is 1. The molecule has 2 aromatic rings. The van der Waals surface area contributed by atoms with Gasteiger partial charge in [-0.15, -0.1) is 0 Å². The number of benzene rings is 2. The zero-order valence-electron chi connectivity index (χ0n) is 10.6. The molecule has 5 heteroatoms. The number of amides is 1. The number of nitrogens with one attached hydrogen (secondary N) is 1. The van der Waals surface area contributed by atoms with E-state index in [0.717, 1.165) is 17.2 Å². The first kappa shape index (κ1) is 14.1. The van der Waals surface area contributed by atoms with Crippen LogP contribution in [0.4, 0.5) is 8.78 Å². The maximum Gasteiger partial charge on any atom is 0.254 e. The van der Waals surface area contributed by atoms with Crippen LogP contribution in [0.2, 0.25) is 0 Å². The van der Waals surface area contributed by atoms with Gasteiger partial charge in [0.05, 0.1) is 12.2 Å². The van der Waals surface area contributed by atoms with Crippen molar-refractivity contribution in [2.24, 2.45) is 0 Å². The zero-order valence-corrected chi connectivity index (χ0v) is 10.6. The van der Waals surface area contributed by atoms with Crippen molar-refractivity contribution in [1.82, 2.24) is 5.32 Å². The van der Waals surface area contributed by atoms with Crippen molar-refractivity contribution in [2.45, 2.75) is 13.2 Å². The van der Waals surface area contributed by atoms with Gasteiger partial charge in [0.15, 0.2) is 11.6 Å². The van der Waals surface area contributed by atoms with Gasteiger partial charge in [-0.25, -0.2) is 8.78 Å². The van der Waals surface area contributed by atoms with E-state index in [-0.39, 0.29) is 18.7 Å². The topological polar surface area (TPSA) is 49.3 Å². The van der Waals surface area contributed by atoms with Gasteiger partial charge in [-0.2, -0.15) is 0 Å². The number of hydrogen-bond acceptors (Lipinski definition) is 2. The van der Waals surface area contributed by atoms with Gasteiger partial charge < -0.3 is 10.4 Å². The fourth-order valence-electron chi connectivity index (χ4n) is 1.72. The molecule has 0 saturated carbocycles. The van der Waals surface area contributed by atoms with Crippen LogP contribution >= 0.6 is 0 Å². The summed E-state index contributed by atoms with van der Waals surface area (Å²) in [5.41, 5.74) is 1.24. The summed E-state index contributed by atoms with van der Waals surface area (Å²) < 4.78 is 26.4. The van der Waals surface area contributed by atoms with Crippen LogP contribution in [0.1, 0.15) is 21.5 Å². The van der Waals surface area contributed by atoms with E-state index < -0.39 is 17.5 Å². The lowest BCUT2D eigenvalue weighted by Gasteiger charge is -2.07. The number of carbonyl (C=O) groups excluding carboxylic acids is 1. The molecule has 2 rings (SSSR count). The van der Waals surface area contributed by atoms with Crippen LogP contribution < -0.4 is 5.32 Å². The summed E-state index contributed by atoms with van der Waals surface area (Å²) in [6, 6.07) is 10.4. The second kappa shape index (κ2) is 6.25. The Bertz CT molecular complexity index is 612. The van der Waals surface area contributed by atoms with Crippen LogP contribution in [-0.4, -0.2) is 11.0 Å². The van der Waals surface area contributed by atoms with Gasteiger partial charge in [0.25, 0.3) is 5.91 Å². The van der Waals surface area contributed by atoms with E-state index >= 15 is 0 Å². The fraction of sp³-hybridized carbons (Fsp3) is 0.133. The molecule has 0 saturated heterocycles. The Morgan fingerprint density at radius 1 is 1.05 bits per heavy atom. The summed E-state index contributed by atoms with van der Waals surface area (Å²) in [5.74, 6) is -2.88. The first-order valence-electron chi connectivity index (χ1n) is 6.02. The third-order valence-electron chi connectivity index (χ3n) is 2.85. The van der Waals surface area contributed by atoms with Crippen LogP contribution in [0.3, 0.4) is 0 Å². The molecular formula is C15H13F2NO2. The number of halogens is 2. The molecule has 0 aromatic heterocycles. The Morgan fingerprint density at radius 2 is 1.70 bits per heavy atom. The molecule has 0 bridgehead atoms. The lowest BCUT2D eigenvalue weighted by Crippen LogP contribution is -2.24. The van der Waals surface area contributed by atoms with Gasteiger partial charge in [0.1, 0.15) is 0 Å². The maximum atomic E-state index is 13.4. The third kappa shape index (κ3) is 3.19. The smallest absolute Gasteiger partial charge is 0.254 e. The van der Waals surface area contributed by atoms with E-state index in [0.29, 0.717) is 0 Å². The molecule has 3 nitrogen and oxygen atoms in total. The monoisotopic (exact) mass is 277 g/mol. The Morgan fingerprint density at radius 3 is 2.35 bits per heavy atom. The maximum absolute atomic E-state index is 13.4. The van der Waals surface area contributed by atoms with Gasteiger partial charge in [0, 0.05) is 6.54 Å². The fourth-order valence-corrected chi connectivity index (χ4v) is 1.72. The van der Waals surface area contributed by atoms with Crippen molar-refractivity contribution in [2.75, 3.05) is 0 Å². The van der Waals surface area contributed by atoms with E-state index in [9.17, 15) is 13.6 Å². The van der Waals surface area contributed by atoms with Crippen molar-refractivity contribution in [1.29, 1.82) is 0 Å². The number of carbonyl (C=O) groups is 1. The molecule has 0 radical (unpaired) electrons. The summed E-state index contributed by atoms with van der Waals surface area (Å²) in [4.78, 5) is 11.8. The normalized spacial score (nSPS) is 10.3. The Hall–Kier alpha value is -2.27. The number of rotatable bonds is 4. The van der Waals surface area contributed by atoms with Crippen molar-refractivity contribution in [3.8, 4) is 0 Å². The molecule has 0 spiro atoms. The van der Waals surface area contributed by atoms with E-state index in [1.54, 1.807) is 24.3 Å². The summed E-state index contributed by atoms with van der Waals surface area (Å²) in [5, 5.41) is 11.4. The van der Waals surface area contributed by atoms with E-state index in [2.05, 4.69) is 5.32 Å². The van der Waals surface area contributed by atoms with Crippen LogP contribution in [0, 0.1) is 11.6 Å². The predicted molar refractivity (Wildman–Crippen MR) is 69.9 cm³/mol. The summed E-state index contributed by atoms with van der Waals surface area (Å²) >= 11 is 0.